The van der Waals surface area contributed by atoms with Crippen LogP contribution in [-0.4, -0.2) is 27.6 Å². The Morgan fingerprint density at radius 3 is 2.32 bits per heavy atom. The predicted octanol–water partition coefficient (Wildman–Crippen LogP) is 3.75. The van der Waals surface area contributed by atoms with Crippen LogP contribution in [0.4, 0.5) is 8.78 Å². The van der Waals surface area contributed by atoms with E-state index in [1.807, 2.05) is 30.5 Å². The highest BCUT2D eigenvalue weighted by atomic mass is 19.3. The van der Waals surface area contributed by atoms with Crippen LogP contribution in [0.3, 0.4) is 0 Å². The van der Waals surface area contributed by atoms with Crippen LogP contribution < -0.4 is 0 Å². The number of nitrogens with zero attached hydrogens (tertiary/aromatic N) is 3. The Labute approximate surface area is 128 Å². The van der Waals surface area contributed by atoms with E-state index in [1.54, 1.807) is 7.11 Å². The van der Waals surface area contributed by atoms with Crippen molar-refractivity contribution < 1.29 is 13.5 Å². The van der Waals surface area contributed by atoms with Crippen LogP contribution in [0.5, 0.6) is 0 Å². The van der Waals surface area contributed by atoms with Crippen molar-refractivity contribution in [1.82, 2.24) is 14.3 Å². The summed E-state index contributed by atoms with van der Waals surface area (Å²) in [4.78, 5) is 0. The van der Waals surface area contributed by atoms with Gasteiger partial charge in [0, 0.05) is 31.5 Å². The molecule has 0 aromatic carbocycles. The van der Waals surface area contributed by atoms with Crippen LogP contribution in [0.1, 0.15) is 42.9 Å². The summed E-state index contributed by atoms with van der Waals surface area (Å²) in [5.41, 5.74) is 1.93. The molecule has 1 saturated carbocycles. The molecule has 0 atom stereocenters. The first-order valence-corrected chi connectivity index (χ1v) is 7.47. The Bertz CT molecular complexity index is 659. The lowest BCUT2D eigenvalue weighted by Gasteiger charge is -2.35. The Hall–Kier alpha value is -1.69. The van der Waals surface area contributed by atoms with Gasteiger partial charge in [0.25, 0.3) is 5.92 Å². The minimum Gasteiger partial charge on any atom is -0.381 e. The molecule has 2 heterocycles. The maximum atomic E-state index is 14.0. The van der Waals surface area contributed by atoms with Gasteiger partial charge in [-0.15, -0.1) is 0 Å². The van der Waals surface area contributed by atoms with Gasteiger partial charge in [0.15, 0.2) is 5.82 Å². The second kappa shape index (κ2) is 5.19. The molecule has 3 rings (SSSR count). The fraction of sp³-hybridized carbons (Fsp3) is 0.562. The third kappa shape index (κ3) is 2.45. The number of hydrogen-bond donors (Lipinski definition) is 0. The van der Waals surface area contributed by atoms with Crippen molar-refractivity contribution in [2.24, 2.45) is 0 Å². The smallest absolute Gasteiger partial charge is 0.286 e. The molecule has 0 unspecified atom stereocenters. The molecular weight excluding hydrogens is 288 g/mol. The number of halogens is 2. The minimum atomic E-state index is -2.92. The maximum absolute atomic E-state index is 14.0. The lowest BCUT2D eigenvalue weighted by molar-refractivity contribution is -0.0202. The lowest BCUT2D eigenvalue weighted by Crippen LogP contribution is -2.35. The molecule has 120 valence electrons. The molecule has 1 aliphatic rings. The summed E-state index contributed by atoms with van der Waals surface area (Å²) in [6.45, 7) is 4.81. The van der Waals surface area contributed by atoms with Gasteiger partial charge >= 0.3 is 0 Å². The van der Waals surface area contributed by atoms with Crippen LogP contribution in [0, 0.1) is 13.8 Å². The molecule has 22 heavy (non-hydrogen) atoms. The van der Waals surface area contributed by atoms with Gasteiger partial charge in [0.05, 0.1) is 12.1 Å². The maximum Gasteiger partial charge on any atom is 0.286 e. The first kappa shape index (κ1) is 15.2. The summed E-state index contributed by atoms with van der Waals surface area (Å²) in [6.07, 6.45) is 1.60. The van der Waals surface area contributed by atoms with Crippen molar-refractivity contribution in [3.05, 3.63) is 35.3 Å². The average Bonchev–Trinajstić information content (AvgIpc) is 2.92. The standard InChI is InChI=1S/C16H21F2N3O/c1-10-5-6-11(2)20(10)15-9-14(16(3,17)18)21(19-15)12-7-13(8-12)22-4/h5-6,9,12-13H,7-8H2,1-4H3/t12-,13+. The topological polar surface area (TPSA) is 32.0 Å². The third-order valence-corrected chi connectivity index (χ3v) is 4.42. The first-order valence-electron chi connectivity index (χ1n) is 7.47. The van der Waals surface area contributed by atoms with E-state index in [9.17, 15) is 8.78 Å². The number of aromatic nitrogens is 3. The van der Waals surface area contributed by atoms with Gasteiger partial charge in [-0.2, -0.15) is 13.9 Å². The van der Waals surface area contributed by atoms with Crippen molar-refractivity contribution in [3.63, 3.8) is 0 Å². The zero-order valence-electron chi connectivity index (χ0n) is 13.3. The number of methoxy groups -OCH3 is 1. The molecule has 2 aromatic rings. The van der Waals surface area contributed by atoms with Gasteiger partial charge in [-0.3, -0.25) is 4.68 Å². The summed E-state index contributed by atoms with van der Waals surface area (Å²) >= 11 is 0. The van der Waals surface area contributed by atoms with Crippen molar-refractivity contribution in [2.45, 2.75) is 51.7 Å². The van der Waals surface area contributed by atoms with E-state index < -0.39 is 5.92 Å². The summed E-state index contributed by atoms with van der Waals surface area (Å²) in [7, 11) is 1.65. The van der Waals surface area contributed by atoms with Crippen molar-refractivity contribution in [2.75, 3.05) is 7.11 Å². The Morgan fingerprint density at radius 1 is 1.23 bits per heavy atom. The van der Waals surface area contributed by atoms with E-state index in [1.165, 1.54) is 10.7 Å². The highest BCUT2D eigenvalue weighted by molar-refractivity contribution is 5.34. The van der Waals surface area contributed by atoms with Crippen LogP contribution in [0.25, 0.3) is 5.82 Å². The molecular formula is C16H21F2N3O. The van der Waals surface area contributed by atoms with Crippen LogP contribution in [0.2, 0.25) is 0 Å². The second-order valence-corrected chi connectivity index (χ2v) is 6.16. The molecule has 1 fully saturated rings. The molecule has 0 radical (unpaired) electrons. The number of aryl methyl sites for hydroxylation is 2. The Kier molecular flexibility index (Phi) is 3.59. The molecule has 4 nitrogen and oxygen atoms in total. The van der Waals surface area contributed by atoms with E-state index in [-0.39, 0.29) is 17.8 Å². The highest BCUT2D eigenvalue weighted by Gasteiger charge is 2.38. The molecule has 0 bridgehead atoms. The molecule has 0 spiro atoms. The predicted molar refractivity (Wildman–Crippen MR) is 79.7 cm³/mol. The van der Waals surface area contributed by atoms with Gasteiger partial charge in [-0.25, -0.2) is 0 Å². The van der Waals surface area contributed by atoms with Crippen molar-refractivity contribution in [1.29, 1.82) is 0 Å². The van der Waals surface area contributed by atoms with E-state index in [0.717, 1.165) is 31.2 Å². The molecule has 0 aliphatic heterocycles. The van der Waals surface area contributed by atoms with Crippen molar-refractivity contribution >= 4 is 0 Å². The van der Waals surface area contributed by atoms with Gasteiger partial charge in [0.2, 0.25) is 0 Å². The van der Waals surface area contributed by atoms with Crippen LogP contribution >= 0.6 is 0 Å². The Morgan fingerprint density at radius 2 is 1.82 bits per heavy atom. The second-order valence-electron chi connectivity index (χ2n) is 6.16. The summed E-state index contributed by atoms with van der Waals surface area (Å²) in [5, 5.41) is 4.48. The largest absolute Gasteiger partial charge is 0.381 e. The fourth-order valence-corrected chi connectivity index (χ4v) is 3.06. The number of hydrogen-bond acceptors (Lipinski definition) is 2. The van der Waals surface area contributed by atoms with E-state index in [0.29, 0.717) is 5.82 Å². The average molecular weight is 309 g/mol. The molecule has 0 N–H and O–H groups in total. The number of rotatable bonds is 4. The minimum absolute atomic E-state index is 0.0179. The zero-order valence-corrected chi connectivity index (χ0v) is 13.3. The van der Waals surface area contributed by atoms with Crippen LogP contribution in [-0.2, 0) is 10.7 Å². The number of alkyl halides is 2. The summed E-state index contributed by atoms with van der Waals surface area (Å²) < 4.78 is 36.6. The fourth-order valence-electron chi connectivity index (χ4n) is 3.06. The normalized spacial score (nSPS) is 21.9. The Balaban J connectivity index is 2.03. The monoisotopic (exact) mass is 309 g/mol. The lowest BCUT2D eigenvalue weighted by atomic mass is 9.89. The molecule has 0 amide bonds. The zero-order chi connectivity index (χ0) is 16.1. The summed E-state index contributed by atoms with van der Waals surface area (Å²) in [5.74, 6) is -2.37. The molecule has 6 heteroatoms. The van der Waals surface area contributed by atoms with E-state index in [2.05, 4.69) is 5.10 Å². The molecule has 0 saturated heterocycles. The third-order valence-electron chi connectivity index (χ3n) is 4.42. The van der Waals surface area contributed by atoms with E-state index in [4.69, 9.17) is 4.74 Å². The molecule has 1 aliphatic carbocycles. The SMILES string of the molecule is CO[C@H]1C[C@@H](n2nc(-n3c(C)ccc3C)cc2C(C)(F)F)C1. The molecule has 2 aromatic heterocycles. The van der Waals surface area contributed by atoms with E-state index >= 15 is 0 Å². The van der Waals surface area contributed by atoms with Gasteiger partial charge in [-0.1, -0.05) is 0 Å². The summed E-state index contributed by atoms with van der Waals surface area (Å²) in [6, 6.07) is 5.40. The number of ether oxygens (including phenoxy) is 1. The van der Waals surface area contributed by atoms with Gasteiger partial charge in [0.1, 0.15) is 5.69 Å². The van der Waals surface area contributed by atoms with Gasteiger partial charge < -0.3 is 9.30 Å². The quantitative estimate of drug-likeness (QED) is 0.861. The first-order chi connectivity index (χ1) is 10.3. The highest BCUT2D eigenvalue weighted by Crippen LogP contribution is 2.39. The van der Waals surface area contributed by atoms with Crippen molar-refractivity contribution in [3.8, 4) is 5.82 Å². The van der Waals surface area contributed by atoms with Gasteiger partial charge in [-0.05, 0) is 38.8 Å². The van der Waals surface area contributed by atoms with Crippen LogP contribution in [0.15, 0.2) is 18.2 Å².